The third-order valence-corrected chi connectivity index (χ3v) is 4.76. The van der Waals surface area contributed by atoms with E-state index >= 15 is 0 Å². The summed E-state index contributed by atoms with van der Waals surface area (Å²) in [6.07, 6.45) is 7.25. The number of anilines is 2. The fourth-order valence-electron chi connectivity index (χ4n) is 2.72. The second-order valence-corrected chi connectivity index (χ2v) is 7.55. The third kappa shape index (κ3) is 7.90. The zero-order valence-electron chi connectivity index (χ0n) is 19.0. The highest BCUT2D eigenvalue weighted by Gasteiger charge is 2.26. The Labute approximate surface area is 196 Å². The van der Waals surface area contributed by atoms with Crippen molar-refractivity contribution >= 4 is 28.8 Å². The molecule has 0 atom stereocenters. The number of fused-ring (bicyclic) bond motifs is 1. The number of nitriles is 1. The largest absolute Gasteiger partial charge is 0.384 e. The standard InChI is InChI=1S/C14H10N6O.C5H11N.C4H6F2O/c15-7-9-3-1-2-4-11(9)18-14(21)10-8-17-20-6-5-12(16)19-13(10)20;1-2-4-6-5-3-1;1-3(7)4(2,5)6/h1-6,8H,(H2,16,19)(H,18,21);6H,1-5H2;1-2H3. The Bertz CT molecular complexity index is 1150. The van der Waals surface area contributed by atoms with E-state index in [1.807, 2.05) is 6.07 Å². The minimum atomic E-state index is -3.14. The number of nitrogens with one attached hydrogen (secondary N) is 2. The highest BCUT2D eigenvalue weighted by Crippen LogP contribution is 2.17. The van der Waals surface area contributed by atoms with Crippen LogP contribution in [-0.2, 0) is 4.79 Å². The van der Waals surface area contributed by atoms with E-state index in [-0.39, 0.29) is 5.56 Å². The maximum atomic E-state index is 12.3. The van der Waals surface area contributed by atoms with Crippen LogP contribution in [0, 0.1) is 11.3 Å². The number of alkyl halides is 2. The van der Waals surface area contributed by atoms with Crippen molar-refractivity contribution in [3.05, 3.63) is 53.9 Å². The van der Waals surface area contributed by atoms with Gasteiger partial charge < -0.3 is 16.4 Å². The Morgan fingerprint density at radius 3 is 2.38 bits per heavy atom. The number of aromatic nitrogens is 3. The first-order valence-electron chi connectivity index (χ1n) is 10.6. The van der Waals surface area contributed by atoms with Gasteiger partial charge in [0.1, 0.15) is 17.5 Å². The van der Waals surface area contributed by atoms with Gasteiger partial charge in [0.05, 0.1) is 17.4 Å². The number of piperidine rings is 1. The van der Waals surface area contributed by atoms with Gasteiger partial charge in [-0.1, -0.05) is 18.6 Å². The Morgan fingerprint density at radius 1 is 1.21 bits per heavy atom. The van der Waals surface area contributed by atoms with E-state index < -0.39 is 17.6 Å². The zero-order chi connectivity index (χ0) is 25.1. The SMILES string of the molecule is C1CCNCC1.CC(=O)C(C)(F)F.N#Cc1ccccc1NC(=O)c1cnn2ccc(N)nc12. The molecule has 180 valence electrons. The summed E-state index contributed by atoms with van der Waals surface area (Å²) in [5, 5.41) is 19.0. The van der Waals surface area contributed by atoms with Crippen LogP contribution in [0.1, 0.15) is 49.0 Å². The van der Waals surface area contributed by atoms with Crippen molar-refractivity contribution in [2.45, 2.75) is 39.0 Å². The number of ketones is 1. The summed E-state index contributed by atoms with van der Waals surface area (Å²) < 4.78 is 24.5. The van der Waals surface area contributed by atoms with Gasteiger partial charge in [-0.3, -0.25) is 9.59 Å². The molecule has 0 aliphatic carbocycles. The molecule has 2 aromatic heterocycles. The van der Waals surface area contributed by atoms with Crippen LogP contribution in [0.3, 0.4) is 0 Å². The molecule has 0 saturated carbocycles. The van der Waals surface area contributed by atoms with E-state index in [1.54, 1.807) is 36.5 Å². The summed E-state index contributed by atoms with van der Waals surface area (Å²) >= 11 is 0. The number of benzene rings is 1. The van der Waals surface area contributed by atoms with Crippen molar-refractivity contribution in [2.75, 3.05) is 24.1 Å². The summed E-state index contributed by atoms with van der Waals surface area (Å²) in [5.41, 5.74) is 7.10. The summed E-state index contributed by atoms with van der Waals surface area (Å²) in [5.74, 6) is -4.33. The first kappa shape index (κ1) is 26.3. The molecule has 1 fully saturated rings. The number of carbonyl (C=O) groups excluding carboxylic acids is 2. The molecule has 1 saturated heterocycles. The highest BCUT2D eigenvalue weighted by molar-refractivity contribution is 6.08. The normalized spacial score (nSPS) is 12.9. The Morgan fingerprint density at radius 2 is 1.85 bits per heavy atom. The van der Waals surface area contributed by atoms with Crippen LogP contribution in [0.25, 0.3) is 5.65 Å². The highest BCUT2D eigenvalue weighted by atomic mass is 19.3. The van der Waals surface area contributed by atoms with Crippen LogP contribution >= 0.6 is 0 Å². The van der Waals surface area contributed by atoms with Crippen molar-refractivity contribution < 1.29 is 18.4 Å². The number of Topliss-reactive ketones (excluding diaryl/α,β-unsaturated/α-hetero) is 1. The predicted octanol–water partition coefficient (Wildman–Crippen LogP) is 3.43. The number of nitrogen functional groups attached to an aromatic ring is 1. The summed E-state index contributed by atoms with van der Waals surface area (Å²) in [6, 6.07) is 10.4. The number of hydrogen-bond donors (Lipinski definition) is 3. The van der Waals surface area contributed by atoms with Crippen molar-refractivity contribution in [1.29, 1.82) is 5.26 Å². The number of para-hydroxylation sites is 1. The van der Waals surface area contributed by atoms with E-state index in [4.69, 9.17) is 11.0 Å². The molecule has 0 unspecified atom stereocenters. The van der Waals surface area contributed by atoms with E-state index in [9.17, 15) is 18.4 Å². The van der Waals surface area contributed by atoms with Crippen molar-refractivity contribution in [1.82, 2.24) is 19.9 Å². The van der Waals surface area contributed by atoms with Gasteiger partial charge in [-0.25, -0.2) is 9.50 Å². The number of nitrogens with zero attached hydrogens (tertiary/aromatic N) is 4. The number of hydrogen-bond acceptors (Lipinski definition) is 7. The molecule has 9 nitrogen and oxygen atoms in total. The topological polar surface area (TPSA) is 138 Å². The van der Waals surface area contributed by atoms with Crippen molar-refractivity contribution in [2.24, 2.45) is 0 Å². The lowest BCUT2D eigenvalue weighted by molar-refractivity contribution is -0.138. The molecule has 11 heteroatoms. The molecule has 34 heavy (non-hydrogen) atoms. The minimum Gasteiger partial charge on any atom is -0.384 e. The molecule has 1 amide bonds. The van der Waals surface area contributed by atoms with Crippen LogP contribution < -0.4 is 16.4 Å². The lowest BCUT2D eigenvalue weighted by atomic mass is 10.2. The lowest BCUT2D eigenvalue weighted by Crippen LogP contribution is -2.21. The van der Waals surface area contributed by atoms with Gasteiger partial charge in [0, 0.05) is 20.0 Å². The fourth-order valence-corrected chi connectivity index (χ4v) is 2.72. The second kappa shape index (κ2) is 12.4. The van der Waals surface area contributed by atoms with Crippen LogP contribution in [0.5, 0.6) is 0 Å². The lowest BCUT2D eigenvalue weighted by Gasteiger charge is -2.08. The van der Waals surface area contributed by atoms with Crippen molar-refractivity contribution in [3.63, 3.8) is 0 Å². The Kier molecular flexibility index (Phi) is 9.58. The summed E-state index contributed by atoms with van der Waals surface area (Å²) in [4.78, 5) is 26.1. The molecule has 0 radical (unpaired) electrons. The van der Waals surface area contributed by atoms with E-state index in [0.717, 1.165) is 6.92 Å². The molecule has 3 aromatic rings. The molecule has 1 aliphatic rings. The maximum absolute atomic E-state index is 12.3. The van der Waals surface area contributed by atoms with E-state index in [0.29, 0.717) is 29.6 Å². The van der Waals surface area contributed by atoms with Crippen LogP contribution in [0.2, 0.25) is 0 Å². The second-order valence-electron chi connectivity index (χ2n) is 7.55. The van der Waals surface area contributed by atoms with Crippen LogP contribution in [0.4, 0.5) is 20.3 Å². The zero-order valence-corrected chi connectivity index (χ0v) is 19.0. The average molecular weight is 472 g/mol. The van der Waals surface area contributed by atoms with Crippen LogP contribution in [0.15, 0.2) is 42.7 Å². The molecule has 0 bridgehead atoms. The van der Waals surface area contributed by atoms with Gasteiger partial charge in [-0.2, -0.15) is 19.1 Å². The molecule has 1 aromatic carbocycles. The molecule has 4 rings (SSSR count). The molecule has 0 spiro atoms. The number of halogens is 2. The van der Waals surface area contributed by atoms with Gasteiger partial charge in [-0.05, 0) is 44.1 Å². The first-order chi connectivity index (χ1) is 16.1. The average Bonchev–Trinajstić information content (AvgIpc) is 3.24. The van der Waals surface area contributed by atoms with Crippen LogP contribution in [-0.4, -0.2) is 45.3 Å². The number of amides is 1. The molecule has 3 heterocycles. The molecular weight excluding hydrogens is 444 g/mol. The fraction of sp³-hybridized carbons (Fsp3) is 0.348. The summed E-state index contributed by atoms with van der Waals surface area (Å²) in [7, 11) is 0. The third-order valence-electron chi connectivity index (χ3n) is 4.76. The predicted molar refractivity (Wildman–Crippen MR) is 125 cm³/mol. The Hall–Kier alpha value is -3.91. The summed E-state index contributed by atoms with van der Waals surface area (Å²) in [6.45, 7) is 3.94. The monoisotopic (exact) mass is 471 g/mol. The number of nitrogens with two attached hydrogens (primary N) is 1. The van der Waals surface area contributed by atoms with Gasteiger partial charge in [0.2, 0.25) is 0 Å². The maximum Gasteiger partial charge on any atom is 0.302 e. The Balaban J connectivity index is 0.000000257. The van der Waals surface area contributed by atoms with Gasteiger partial charge >= 0.3 is 5.92 Å². The molecular formula is C23H27F2N7O2. The van der Waals surface area contributed by atoms with Gasteiger partial charge in [-0.15, -0.1) is 0 Å². The van der Waals surface area contributed by atoms with Gasteiger partial charge in [0.25, 0.3) is 5.91 Å². The quantitative estimate of drug-likeness (QED) is 0.532. The molecule has 1 aliphatic heterocycles. The minimum absolute atomic E-state index is 0.287. The van der Waals surface area contributed by atoms with Gasteiger partial charge in [0.15, 0.2) is 11.4 Å². The van der Waals surface area contributed by atoms with E-state index in [2.05, 4.69) is 20.7 Å². The van der Waals surface area contributed by atoms with Crippen molar-refractivity contribution in [3.8, 4) is 6.07 Å². The first-order valence-corrected chi connectivity index (χ1v) is 10.6. The molecule has 4 N–H and O–H groups in total. The smallest absolute Gasteiger partial charge is 0.302 e. The number of rotatable bonds is 3. The van der Waals surface area contributed by atoms with E-state index in [1.165, 1.54) is 43.1 Å². The number of carbonyl (C=O) groups is 2.